The molecule has 0 spiro atoms. The SMILES string of the molecule is COCCc1noc(CN2CCCn3nc([C@H](O)CN(C)C)cc3C2)n1. The van der Waals surface area contributed by atoms with Crippen LogP contribution < -0.4 is 0 Å². The van der Waals surface area contributed by atoms with E-state index in [1.807, 2.05) is 29.7 Å². The van der Waals surface area contributed by atoms with E-state index in [9.17, 15) is 5.11 Å². The Morgan fingerprint density at radius 1 is 1.38 bits per heavy atom. The standard InChI is InChI=1S/C17H28N6O3/c1-21(2)11-15(24)14-9-13-10-22(6-4-7-23(13)19-14)12-17-18-16(20-26-17)5-8-25-3/h9,15,24H,4-8,10-12H2,1-3H3/t15-/m1/s1. The third-order valence-electron chi connectivity index (χ3n) is 4.39. The summed E-state index contributed by atoms with van der Waals surface area (Å²) in [4.78, 5) is 8.66. The minimum absolute atomic E-state index is 0.562. The molecule has 26 heavy (non-hydrogen) atoms. The smallest absolute Gasteiger partial charge is 0.240 e. The van der Waals surface area contributed by atoms with E-state index in [-0.39, 0.29) is 0 Å². The first-order valence-electron chi connectivity index (χ1n) is 8.97. The van der Waals surface area contributed by atoms with Crippen molar-refractivity contribution in [3.05, 3.63) is 29.2 Å². The van der Waals surface area contributed by atoms with Crippen molar-refractivity contribution in [2.75, 3.05) is 40.9 Å². The minimum atomic E-state index is -0.572. The second-order valence-corrected chi connectivity index (χ2v) is 6.97. The first-order chi connectivity index (χ1) is 12.5. The molecule has 2 aromatic heterocycles. The Balaban J connectivity index is 1.63. The van der Waals surface area contributed by atoms with Crippen LogP contribution in [-0.2, 0) is 30.8 Å². The molecule has 1 aliphatic heterocycles. The fourth-order valence-electron chi connectivity index (χ4n) is 3.13. The van der Waals surface area contributed by atoms with E-state index in [0.29, 0.717) is 37.8 Å². The van der Waals surface area contributed by atoms with Crippen molar-refractivity contribution in [2.45, 2.75) is 38.6 Å². The summed E-state index contributed by atoms with van der Waals surface area (Å²) in [5.74, 6) is 1.30. The number of aryl methyl sites for hydroxylation is 1. The van der Waals surface area contributed by atoms with E-state index in [0.717, 1.165) is 37.4 Å². The number of aromatic nitrogens is 4. The maximum atomic E-state index is 10.3. The number of hydrogen-bond donors (Lipinski definition) is 1. The molecule has 1 atom stereocenters. The molecule has 0 amide bonds. The van der Waals surface area contributed by atoms with Gasteiger partial charge in [0.15, 0.2) is 5.82 Å². The molecule has 1 N–H and O–H groups in total. The molecule has 0 fully saturated rings. The Bertz CT molecular complexity index is 698. The van der Waals surface area contributed by atoms with Gasteiger partial charge < -0.3 is 19.3 Å². The highest BCUT2D eigenvalue weighted by atomic mass is 16.5. The predicted molar refractivity (Wildman–Crippen MR) is 94.3 cm³/mol. The zero-order valence-corrected chi connectivity index (χ0v) is 15.8. The van der Waals surface area contributed by atoms with Crippen molar-refractivity contribution >= 4 is 0 Å². The highest BCUT2D eigenvalue weighted by Gasteiger charge is 2.21. The van der Waals surface area contributed by atoms with Gasteiger partial charge in [0.2, 0.25) is 5.89 Å². The van der Waals surface area contributed by atoms with Gasteiger partial charge in [-0.1, -0.05) is 5.16 Å². The number of aliphatic hydroxyl groups excluding tert-OH is 1. The van der Waals surface area contributed by atoms with Crippen molar-refractivity contribution in [3.8, 4) is 0 Å². The Hall–Kier alpha value is -1.81. The number of likely N-dealkylation sites (N-methyl/N-ethyl adjacent to an activating group) is 1. The van der Waals surface area contributed by atoms with E-state index in [4.69, 9.17) is 9.26 Å². The molecule has 0 unspecified atom stereocenters. The van der Waals surface area contributed by atoms with Crippen LogP contribution in [-0.4, -0.2) is 75.7 Å². The molecule has 0 aliphatic carbocycles. The van der Waals surface area contributed by atoms with Gasteiger partial charge in [-0.3, -0.25) is 9.58 Å². The lowest BCUT2D eigenvalue weighted by molar-refractivity contribution is 0.133. The van der Waals surface area contributed by atoms with E-state index in [1.54, 1.807) is 7.11 Å². The summed E-state index contributed by atoms with van der Waals surface area (Å²) in [5.41, 5.74) is 1.84. The van der Waals surface area contributed by atoms with Gasteiger partial charge in [-0.05, 0) is 26.6 Å². The van der Waals surface area contributed by atoms with Crippen LogP contribution in [0.4, 0.5) is 0 Å². The topological polar surface area (TPSA) is 92.7 Å². The number of fused-ring (bicyclic) bond motifs is 1. The molecular formula is C17H28N6O3. The molecule has 3 heterocycles. The first-order valence-corrected chi connectivity index (χ1v) is 8.97. The van der Waals surface area contributed by atoms with Gasteiger partial charge in [-0.15, -0.1) is 0 Å². The highest BCUT2D eigenvalue weighted by molar-refractivity contribution is 5.14. The van der Waals surface area contributed by atoms with Gasteiger partial charge in [-0.2, -0.15) is 10.1 Å². The fraction of sp³-hybridized carbons (Fsp3) is 0.706. The van der Waals surface area contributed by atoms with Gasteiger partial charge in [0, 0.05) is 39.7 Å². The number of methoxy groups -OCH3 is 1. The molecule has 0 saturated heterocycles. The summed E-state index contributed by atoms with van der Waals surface area (Å²) in [6.45, 7) is 4.29. The summed E-state index contributed by atoms with van der Waals surface area (Å²) in [6.07, 6.45) is 1.07. The van der Waals surface area contributed by atoms with Crippen molar-refractivity contribution in [1.82, 2.24) is 29.7 Å². The second kappa shape index (κ2) is 8.72. The van der Waals surface area contributed by atoms with Crippen LogP contribution in [0.1, 0.15) is 35.6 Å². The lowest BCUT2D eigenvalue weighted by atomic mass is 10.2. The Morgan fingerprint density at radius 2 is 2.23 bits per heavy atom. The monoisotopic (exact) mass is 364 g/mol. The third kappa shape index (κ3) is 4.88. The van der Waals surface area contributed by atoms with Crippen molar-refractivity contribution < 1.29 is 14.4 Å². The molecule has 0 radical (unpaired) electrons. The normalized spacial score (nSPS) is 16.7. The minimum Gasteiger partial charge on any atom is -0.385 e. The number of ether oxygens (including phenoxy) is 1. The third-order valence-corrected chi connectivity index (χ3v) is 4.39. The average Bonchev–Trinajstić information content (AvgIpc) is 3.15. The number of nitrogens with zero attached hydrogens (tertiary/aromatic N) is 6. The van der Waals surface area contributed by atoms with Crippen molar-refractivity contribution in [2.24, 2.45) is 0 Å². The summed E-state index contributed by atoms with van der Waals surface area (Å²) in [5, 5.41) is 18.9. The average molecular weight is 364 g/mol. The number of hydrogen-bond acceptors (Lipinski definition) is 8. The Morgan fingerprint density at radius 3 is 3.00 bits per heavy atom. The molecule has 3 rings (SSSR count). The predicted octanol–water partition coefficient (Wildman–Crippen LogP) is 0.456. The second-order valence-electron chi connectivity index (χ2n) is 6.97. The number of aliphatic hydroxyl groups is 1. The zero-order chi connectivity index (χ0) is 18.5. The zero-order valence-electron chi connectivity index (χ0n) is 15.8. The first kappa shape index (κ1) is 19.0. The molecule has 1 aliphatic rings. The van der Waals surface area contributed by atoms with Crippen molar-refractivity contribution in [3.63, 3.8) is 0 Å². The molecule has 9 nitrogen and oxygen atoms in total. The van der Waals surface area contributed by atoms with Crippen LogP contribution in [0.15, 0.2) is 10.6 Å². The van der Waals surface area contributed by atoms with Crippen LogP contribution in [0, 0.1) is 0 Å². The molecule has 0 aromatic carbocycles. The van der Waals surface area contributed by atoms with Crippen molar-refractivity contribution in [1.29, 1.82) is 0 Å². The van der Waals surface area contributed by atoms with Crippen LogP contribution in [0.2, 0.25) is 0 Å². The van der Waals surface area contributed by atoms with Gasteiger partial charge in [0.05, 0.1) is 24.5 Å². The van der Waals surface area contributed by atoms with E-state index in [1.165, 1.54) is 0 Å². The van der Waals surface area contributed by atoms with Crippen LogP contribution >= 0.6 is 0 Å². The van der Waals surface area contributed by atoms with E-state index < -0.39 is 6.10 Å². The van der Waals surface area contributed by atoms with Gasteiger partial charge >= 0.3 is 0 Å². The van der Waals surface area contributed by atoms with Gasteiger partial charge in [-0.25, -0.2) is 0 Å². The lowest BCUT2D eigenvalue weighted by Gasteiger charge is -2.16. The quantitative estimate of drug-likeness (QED) is 0.722. The molecule has 144 valence electrons. The molecule has 0 bridgehead atoms. The summed E-state index contributed by atoms with van der Waals surface area (Å²) >= 11 is 0. The summed E-state index contributed by atoms with van der Waals surface area (Å²) < 4.78 is 12.4. The Kier molecular flexibility index (Phi) is 6.36. The van der Waals surface area contributed by atoms with Crippen LogP contribution in [0.3, 0.4) is 0 Å². The Labute approximate surface area is 153 Å². The molecular weight excluding hydrogens is 336 g/mol. The van der Waals surface area contributed by atoms with Crippen LogP contribution in [0.5, 0.6) is 0 Å². The maximum absolute atomic E-state index is 10.3. The highest BCUT2D eigenvalue weighted by Crippen LogP contribution is 2.19. The van der Waals surface area contributed by atoms with E-state index >= 15 is 0 Å². The largest absolute Gasteiger partial charge is 0.385 e. The van der Waals surface area contributed by atoms with E-state index in [2.05, 4.69) is 20.1 Å². The van der Waals surface area contributed by atoms with Crippen LogP contribution in [0.25, 0.3) is 0 Å². The molecule has 0 saturated carbocycles. The maximum Gasteiger partial charge on any atom is 0.240 e. The fourth-order valence-corrected chi connectivity index (χ4v) is 3.13. The lowest BCUT2D eigenvalue weighted by Crippen LogP contribution is -2.23. The van der Waals surface area contributed by atoms with Gasteiger partial charge in [0.1, 0.15) is 6.10 Å². The summed E-state index contributed by atoms with van der Waals surface area (Å²) in [7, 11) is 5.54. The summed E-state index contributed by atoms with van der Waals surface area (Å²) in [6, 6.07) is 2.00. The molecule has 2 aromatic rings. The number of rotatable bonds is 8. The molecule has 9 heteroatoms. The van der Waals surface area contributed by atoms with Gasteiger partial charge in [0.25, 0.3) is 0 Å².